The van der Waals surface area contributed by atoms with Gasteiger partial charge in [0.15, 0.2) is 0 Å². The molecule has 0 saturated heterocycles. The number of rotatable bonds is 4. The number of nitriles is 1. The number of nitro benzene ring substituents is 1. The van der Waals surface area contributed by atoms with E-state index in [0.29, 0.717) is 21.2 Å². The van der Waals surface area contributed by atoms with Crippen molar-refractivity contribution in [2.75, 3.05) is 0 Å². The lowest BCUT2D eigenvalue weighted by atomic mass is 10.1. The van der Waals surface area contributed by atoms with Crippen molar-refractivity contribution in [1.82, 2.24) is 4.98 Å². The van der Waals surface area contributed by atoms with E-state index in [1.807, 2.05) is 19.1 Å². The summed E-state index contributed by atoms with van der Waals surface area (Å²) in [7, 11) is 0. The molecule has 26 heavy (non-hydrogen) atoms. The zero-order chi connectivity index (χ0) is 18.7. The molecule has 0 amide bonds. The Morgan fingerprint density at radius 2 is 1.88 bits per heavy atom. The molecule has 0 unspecified atom stereocenters. The van der Waals surface area contributed by atoms with E-state index >= 15 is 0 Å². The molecular weight excluding hydrogens is 370 g/mol. The third kappa shape index (κ3) is 3.80. The van der Waals surface area contributed by atoms with Crippen LogP contribution in [0.5, 0.6) is 0 Å². The fourth-order valence-electron chi connectivity index (χ4n) is 2.39. The molecule has 0 radical (unpaired) electrons. The summed E-state index contributed by atoms with van der Waals surface area (Å²) < 4.78 is 0. The van der Waals surface area contributed by atoms with Gasteiger partial charge in [0.1, 0.15) is 11.1 Å². The number of nitro groups is 1. The Labute approximate surface area is 159 Å². The Bertz CT molecular complexity index is 1030. The Morgan fingerprint density at radius 1 is 1.23 bits per heavy atom. The molecule has 0 fully saturated rings. The van der Waals surface area contributed by atoms with Crippen LogP contribution in [0.15, 0.2) is 48.5 Å². The minimum atomic E-state index is -0.457. The monoisotopic (exact) mass is 381 g/mol. The predicted octanol–water partition coefficient (Wildman–Crippen LogP) is 5.74. The van der Waals surface area contributed by atoms with Crippen molar-refractivity contribution in [3.8, 4) is 17.3 Å². The van der Waals surface area contributed by atoms with Gasteiger partial charge in [0.25, 0.3) is 5.69 Å². The Morgan fingerprint density at radius 3 is 2.46 bits per heavy atom. The first-order valence-electron chi connectivity index (χ1n) is 7.58. The van der Waals surface area contributed by atoms with Crippen LogP contribution >= 0.6 is 22.9 Å². The fraction of sp³-hybridized carbons (Fsp3) is 0.0526. The van der Waals surface area contributed by atoms with E-state index < -0.39 is 4.92 Å². The van der Waals surface area contributed by atoms with Crippen molar-refractivity contribution >= 4 is 40.3 Å². The summed E-state index contributed by atoms with van der Waals surface area (Å²) in [5.41, 5.74) is 2.87. The summed E-state index contributed by atoms with van der Waals surface area (Å²) in [4.78, 5) is 15.9. The molecule has 0 spiro atoms. The minimum absolute atomic E-state index is 0.00998. The van der Waals surface area contributed by atoms with Gasteiger partial charge >= 0.3 is 0 Å². The maximum atomic E-state index is 10.7. The summed E-state index contributed by atoms with van der Waals surface area (Å²) in [6.45, 7) is 1.95. The Hall–Kier alpha value is -3.01. The van der Waals surface area contributed by atoms with E-state index in [1.165, 1.54) is 23.5 Å². The molecule has 0 aliphatic carbocycles. The second kappa shape index (κ2) is 7.48. The smallest absolute Gasteiger partial charge is 0.258 e. The van der Waals surface area contributed by atoms with Gasteiger partial charge in [0.05, 0.1) is 16.2 Å². The molecule has 0 bridgehead atoms. The van der Waals surface area contributed by atoms with Crippen LogP contribution in [0.4, 0.5) is 5.69 Å². The average molecular weight is 382 g/mol. The number of aromatic nitrogens is 1. The Kier molecular flexibility index (Phi) is 5.12. The highest BCUT2D eigenvalue weighted by Crippen LogP contribution is 2.32. The molecule has 7 heteroatoms. The van der Waals surface area contributed by atoms with Crippen molar-refractivity contribution in [3.63, 3.8) is 0 Å². The SMILES string of the molecule is Cc1sc(/C(C#N)=C/c2ccc([N+](=O)[O-])cc2)nc1-c1ccc(Cl)cc1. The molecule has 5 nitrogen and oxygen atoms in total. The van der Waals surface area contributed by atoms with Gasteiger partial charge in [-0.1, -0.05) is 23.7 Å². The van der Waals surface area contributed by atoms with Crippen LogP contribution in [-0.2, 0) is 0 Å². The number of non-ortho nitro benzene ring substituents is 1. The average Bonchev–Trinajstić information content (AvgIpc) is 3.02. The van der Waals surface area contributed by atoms with Gasteiger partial charge in [-0.05, 0) is 42.8 Å². The van der Waals surface area contributed by atoms with Crippen molar-refractivity contribution in [2.45, 2.75) is 6.92 Å². The maximum absolute atomic E-state index is 10.7. The molecule has 2 aromatic carbocycles. The van der Waals surface area contributed by atoms with Crippen LogP contribution in [0.1, 0.15) is 15.4 Å². The Balaban J connectivity index is 1.96. The predicted molar refractivity (Wildman–Crippen MR) is 104 cm³/mol. The van der Waals surface area contributed by atoms with Crippen LogP contribution in [-0.4, -0.2) is 9.91 Å². The highest BCUT2D eigenvalue weighted by Gasteiger charge is 2.13. The fourth-order valence-corrected chi connectivity index (χ4v) is 3.42. The van der Waals surface area contributed by atoms with Crippen LogP contribution in [0.3, 0.4) is 0 Å². The largest absolute Gasteiger partial charge is 0.269 e. The van der Waals surface area contributed by atoms with Crippen LogP contribution in [0, 0.1) is 28.4 Å². The number of hydrogen-bond acceptors (Lipinski definition) is 5. The molecule has 0 saturated carbocycles. The second-order valence-corrected chi connectivity index (χ2v) is 7.09. The third-order valence-electron chi connectivity index (χ3n) is 3.68. The lowest BCUT2D eigenvalue weighted by molar-refractivity contribution is -0.384. The summed E-state index contributed by atoms with van der Waals surface area (Å²) >= 11 is 7.36. The summed E-state index contributed by atoms with van der Waals surface area (Å²) in [5, 5.41) is 21.5. The first-order valence-corrected chi connectivity index (χ1v) is 8.77. The lowest BCUT2D eigenvalue weighted by Crippen LogP contribution is -1.87. The zero-order valence-electron chi connectivity index (χ0n) is 13.6. The molecule has 3 rings (SSSR count). The van der Waals surface area contributed by atoms with Crippen LogP contribution in [0.25, 0.3) is 22.9 Å². The topological polar surface area (TPSA) is 79.8 Å². The minimum Gasteiger partial charge on any atom is -0.258 e. The summed E-state index contributed by atoms with van der Waals surface area (Å²) in [5.74, 6) is 0. The number of benzene rings is 2. The maximum Gasteiger partial charge on any atom is 0.269 e. The van der Waals surface area contributed by atoms with E-state index in [-0.39, 0.29) is 5.69 Å². The summed E-state index contributed by atoms with van der Waals surface area (Å²) in [6, 6.07) is 15.6. The molecule has 1 heterocycles. The van der Waals surface area contributed by atoms with Gasteiger partial charge in [0, 0.05) is 27.6 Å². The number of thiazole rings is 1. The second-order valence-electron chi connectivity index (χ2n) is 5.45. The van der Waals surface area contributed by atoms with Gasteiger partial charge < -0.3 is 0 Å². The van der Waals surface area contributed by atoms with Gasteiger partial charge in [0.2, 0.25) is 0 Å². The van der Waals surface area contributed by atoms with E-state index in [9.17, 15) is 15.4 Å². The lowest BCUT2D eigenvalue weighted by Gasteiger charge is -1.98. The van der Waals surface area contributed by atoms with Gasteiger partial charge in [-0.15, -0.1) is 11.3 Å². The van der Waals surface area contributed by atoms with E-state index in [4.69, 9.17) is 11.6 Å². The number of nitrogens with zero attached hydrogens (tertiary/aromatic N) is 3. The molecule has 3 aromatic rings. The number of allylic oxidation sites excluding steroid dienone is 1. The van der Waals surface area contributed by atoms with Crippen LogP contribution in [0.2, 0.25) is 5.02 Å². The number of aryl methyl sites for hydroxylation is 1. The molecule has 128 valence electrons. The number of hydrogen-bond donors (Lipinski definition) is 0. The van der Waals surface area contributed by atoms with Crippen molar-refractivity contribution in [3.05, 3.63) is 79.1 Å². The summed E-state index contributed by atoms with van der Waals surface area (Å²) in [6.07, 6.45) is 1.67. The molecule has 0 N–H and O–H groups in total. The molecule has 0 atom stereocenters. The molecular formula is C19H12ClN3O2S. The zero-order valence-corrected chi connectivity index (χ0v) is 15.2. The van der Waals surface area contributed by atoms with E-state index in [2.05, 4.69) is 11.1 Å². The quantitative estimate of drug-likeness (QED) is 0.327. The number of halogens is 1. The third-order valence-corrected chi connectivity index (χ3v) is 4.94. The van der Waals surface area contributed by atoms with E-state index in [0.717, 1.165) is 16.1 Å². The van der Waals surface area contributed by atoms with Crippen molar-refractivity contribution in [1.29, 1.82) is 5.26 Å². The van der Waals surface area contributed by atoms with E-state index in [1.54, 1.807) is 30.3 Å². The highest BCUT2D eigenvalue weighted by atomic mass is 35.5. The van der Waals surface area contributed by atoms with Crippen LogP contribution < -0.4 is 0 Å². The van der Waals surface area contributed by atoms with Crippen molar-refractivity contribution in [2.24, 2.45) is 0 Å². The molecule has 0 aliphatic heterocycles. The van der Waals surface area contributed by atoms with Gasteiger partial charge in [-0.3, -0.25) is 10.1 Å². The van der Waals surface area contributed by atoms with Gasteiger partial charge in [-0.2, -0.15) is 5.26 Å². The van der Waals surface area contributed by atoms with Gasteiger partial charge in [-0.25, -0.2) is 4.98 Å². The molecule has 0 aliphatic rings. The molecule has 1 aromatic heterocycles. The first kappa shape index (κ1) is 17.8. The first-order chi connectivity index (χ1) is 12.5. The highest BCUT2D eigenvalue weighted by molar-refractivity contribution is 7.13. The van der Waals surface area contributed by atoms with Crippen molar-refractivity contribution < 1.29 is 4.92 Å². The standard InChI is InChI=1S/C19H12ClN3O2S/c1-12-18(14-4-6-16(20)7-5-14)22-19(26-12)15(11-21)10-13-2-8-17(9-3-13)23(24)25/h2-10H,1H3/b15-10+. The normalized spacial score (nSPS) is 11.2.